The molecule has 0 aliphatic rings. The lowest BCUT2D eigenvalue weighted by molar-refractivity contribution is 0.600. The van der Waals surface area contributed by atoms with Crippen LogP contribution in [0, 0.1) is 11.8 Å². The third-order valence-corrected chi connectivity index (χ3v) is 3.95. The molecule has 2 rings (SSSR count). The molecule has 0 amide bonds. The van der Waals surface area contributed by atoms with Crippen LogP contribution in [0.1, 0.15) is 11.1 Å². The van der Waals surface area contributed by atoms with Gasteiger partial charge in [0, 0.05) is 11.3 Å². The van der Waals surface area contributed by atoms with Crippen molar-refractivity contribution in [2.45, 2.75) is 5.75 Å². The van der Waals surface area contributed by atoms with Gasteiger partial charge in [0.15, 0.2) is 0 Å². The minimum atomic E-state index is -3.42. The van der Waals surface area contributed by atoms with Crippen molar-refractivity contribution in [3.8, 4) is 11.8 Å². The van der Waals surface area contributed by atoms with Gasteiger partial charge in [-0.15, -0.1) is 0 Å². The lowest BCUT2D eigenvalue weighted by Crippen LogP contribution is -2.14. The monoisotopic (exact) mass is 300 g/mol. The first-order valence-corrected chi connectivity index (χ1v) is 8.08. The van der Waals surface area contributed by atoms with Crippen molar-refractivity contribution in [2.75, 3.05) is 11.3 Å². The van der Waals surface area contributed by atoms with E-state index in [2.05, 4.69) is 16.6 Å². The molecule has 0 heterocycles. The molecule has 0 aliphatic carbocycles. The Kier molecular flexibility index (Phi) is 4.99. The fourth-order valence-electron chi connectivity index (χ4n) is 1.78. The van der Waals surface area contributed by atoms with Gasteiger partial charge in [-0.2, -0.15) is 0 Å². The molecule has 4 nitrogen and oxygen atoms in total. The molecule has 2 aromatic rings. The number of benzene rings is 2. The number of nitrogens with two attached hydrogens (primary N) is 1. The normalized spacial score (nSPS) is 10.5. The van der Waals surface area contributed by atoms with E-state index in [4.69, 9.17) is 5.73 Å². The van der Waals surface area contributed by atoms with Crippen LogP contribution in [0.2, 0.25) is 0 Å². The fraction of sp³-hybridized carbons (Fsp3) is 0.125. The number of anilines is 1. The highest BCUT2D eigenvalue weighted by atomic mass is 32.2. The van der Waals surface area contributed by atoms with Crippen molar-refractivity contribution < 1.29 is 8.42 Å². The first-order valence-electron chi connectivity index (χ1n) is 6.42. The molecule has 108 valence electrons. The van der Waals surface area contributed by atoms with Crippen molar-refractivity contribution in [1.29, 1.82) is 0 Å². The van der Waals surface area contributed by atoms with Gasteiger partial charge < -0.3 is 5.73 Å². The fourth-order valence-corrected chi connectivity index (χ4v) is 2.98. The Morgan fingerprint density at radius 3 is 2.29 bits per heavy atom. The number of hydrogen-bond acceptors (Lipinski definition) is 3. The predicted octanol–water partition coefficient (Wildman–Crippen LogP) is 1.94. The molecule has 0 unspecified atom stereocenters. The van der Waals surface area contributed by atoms with Crippen LogP contribution in [0.15, 0.2) is 54.6 Å². The van der Waals surface area contributed by atoms with Gasteiger partial charge in [0.05, 0.1) is 12.3 Å². The van der Waals surface area contributed by atoms with Crippen LogP contribution in [-0.4, -0.2) is 15.0 Å². The van der Waals surface area contributed by atoms with Crippen molar-refractivity contribution in [1.82, 2.24) is 0 Å². The maximum atomic E-state index is 12.1. The molecule has 0 atom stereocenters. The Hall–Kier alpha value is -2.29. The molecule has 5 heteroatoms. The third-order valence-electron chi connectivity index (χ3n) is 2.69. The second kappa shape index (κ2) is 6.93. The van der Waals surface area contributed by atoms with Gasteiger partial charge in [-0.3, -0.25) is 4.72 Å². The maximum absolute atomic E-state index is 12.1. The van der Waals surface area contributed by atoms with Crippen LogP contribution >= 0.6 is 0 Å². The summed E-state index contributed by atoms with van der Waals surface area (Å²) in [5.41, 5.74) is 7.36. The second-order valence-electron chi connectivity index (χ2n) is 4.43. The Balaban J connectivity index is 2.06. The Labute approximate surface area is 125 Å². The van der Waals surface area contributed by atoms with Crippen molar-refractivity contribution in [2.24, 2.45) is 5.73 Å². The van der Waals surface area contributed by atoms with Crippen LogP contribution in [0.4, 0.5) is 5.69 Å². The van der Waals surface area contributed by atoms with E-state index in [1.807, 2.05) is 18.2 Å². The number of sulfonamides is 1. The van der Waals surface area contributed by atoms with E-state index in [1.54, 1.807) is 36.4 Å². The topological polar surface area (TPSA) is 72.2 Å². The standard InChI is InChI=1S/C16H16N2O2S/c17-12-4-7-14-8-10-16(11-9-14)18-21(19,20)13-15-5-2-1-3-6-15/h1-3,5-6,8-11,18H,12-13,17H2. The first-order chi connectivity index (χ1) is 10.1. The molecule has 2 aromatic carbocycles. The van der Waals surface area contributed by atoms with Crippen molar-refractivity contribution in [3.63, 3.8) is 0 Å². The summed E-state index contributed by atoms with van der Waals surface area (Å²) in [4.78, 5) is 0. The largest absolute Gasteiger partial charge is 0.320 e. The summed E-state index contributed by atoms with van der Waals surface area (Å²) in [6.07, 6.45) is 0. The van der Waals surface area contributed by atoms with Crippen LogP contribution in [0.5, 0.6) is 0 Å². The Morgan fingerprint density at radius 2 is 1.67 bits per heavy atom. The van der Waals surface area contributed by atoms with E-state index >= 15 is 0 Å². The first kappa shape index (κ1) is 15.1. The predicted molar refractivity (Wildman–Crippen MR) is 85.1 cm³/mol. The molecule has 0 spiro atoms. The van der Waals surface area contributed by atoms with Gasteiger partial charge in [0.2, 0.25) is 10.0 Å². The smallest absolute Gasteiger partial charge is 0.236 e. The average molecular weight is 300 g/mol. The Bertz CT molecular complexity index is 742. The highest BCUT2D eigenvalue weighted by molar-refractivity contribution is 7.91. The number of nitrogens with one attached hydrogen (secondary N) is 1. The van der Waals surface area contributed by atoms with Crippen LogP contribution in [-0.2, 0) is 15.8 Å². The van der Waals surface area contributed by atoms with Gasteiger partial charge in [-0.1, -0.05) is 42.2 Å². The van der Waals surface area contributed by atoms with Crippen LogP contribution < -0.4 is 10.5 Å². The maximum Gasteiger partial charge on any atom is 0.236 e. The minimum absolute atomic E-state index is 0.0530. The zero-order valence-electron chi connectivity index (χ0n) is 11.4. The Morgan fingerprint density at radius 1 is 1.00 bits per heavy atom. The average Bonchev–Trinajstić information content (AvgIpc) is 2.47. The summed E-state index contributed by atoms with van der Waals surface area (Å²) in [5, 5.41) is 0. The van der Waals surface area contributed by atoms with E-state index in [0.29, 0.717) is 12.2 Å². The summed E-state index contributed by atoms with van der Waals surface area (Å²) in [7, 11) is -3.42. The molecular weight excluding hydrogens is 284 g/mol. The lowest BCUT2D eigenvalue weighted by atomic mass is 10.2. The number of hydrogen-bond donors (Lipinski definition) is 2. The van der Waals surface area contributed by atoms with E-state index < -0.39 is 10.0 Å². The molecular formula is C16H16N2O2S. The SMILES string of the molecule is NCC#Cc1ccc(NS(=O)(=O)Cc2ccccc2)cc1. The number of rotatable bonds is 4. The summed E-state index contributed by atoms with van der Waals surface area (Å²) < 4.78 is 26.7. The quantitative estimate of drug-likeness (QED) is 0.848. The molecule has 0 aromatic heterocycles. The molecule has 0 saturated carbocycles. The van der Waals surface area contributed by atoms with Crippen LogP contribution in [0.3, 0.4) is 0 Å². The highest BCUT2D eigenvalue weighted by Crippen LogP contribution is 2.13. The van der Waals surface area contributed by atoms with Gasteiger partial charge in [0.25, 0.3) is 0 Å². The van der Waals surface area contributed by atoms with E-state index in [1.165, 1.54) is 0 Å². The second-order valence-corrected chi connectivity index (χ2v) is 6.15. The zero-order chi connectivity index (χ0) is 15.1. The van der Waals surface area contributed by atoms with E-state index in [-0.39, 0.29) is 5.75 Å². The van der Waals surface area contributed by atoms with Crippen molar-refractivity contribution >= 4 is 15.7 Å². The van der Waals surface area contributed by atoms with Crippen LogP contribution in [0.25, 0.3) is 0 Å². The summed E-state index contributed by atoms with van der Waals surface area (Å²) in [6.45, 7) is 0.297. The molecule has 3 N–H and O–H groups in total. The molecule has 0 fully saturated rings. The van der Waals surface area contributed by atoms with Gasteiger partial charge >= 0.3 is 0 Å². The molecule has 0 radical (unpaired) electrons. The van der Waals surface area contributed by atoms with Crippen molar-refractivity contribution in [3.05, 3.63) is 65.7 Å². The lowest BCUT2D eigenvalue weighted by Gasteiger charge is -2.08. The van der Waals surface area contributed by atoms with Gasteiger partial charge in [0.1, 0.15) is 0 Å². The third kappa shape index (κ3) is 4.95. The molecule has 0 saturated heterocycles. The van der Waals surface area contributed by atoms with Gasteiger partial charge in [-0.05, 0) is 29.8 Å². The summed E-state index contributed by atoms with van der Waals surface area (Å²) in [5.74, 6) is 5.57. The summed E-state index contributed by atoms with van der Waals surface area (Å²) in [6, 6.07) is 15.9. The minimum Gasteiger partial charge on any atom is -0.320 e. The van der Waals surface area contributed by atoms with E-state index in [9.17, 15) is 8.42 Å². The molecule has 0 bridgehead atoms. The van der Waals surface area contributed by atoms with Gasteiger partial charge in [-0.25, -0.2) is 8.42 Å². The zero-order valence-corrected chi connectivity index (χ0v) is 12.2. The summed E-state index contributed by atoms with van der Waals surface area (Å²) >= 11 is 0. The molecule has 21 heavy (non-hydrogen) atoms. The molecule has 0 aliphatic heterocycles. The van der Waals surface area contributed by atoms with E-state index in [0.717, 1.165) is 11.1 Å². The highest BCUT2D eigenvalue weighted by Gasteiger charge is 2.11.